The van der Waals surface area contributed by atoms with Crippen molar-refractivity contribution in [3.8, 4) is 23.2 Å². The van der Waals surface area contributed by atoms with Gasteiger partial charge in [-0.3, -0.25) is 0 Å². The number of rotatable bonds is 19. The maximum absolute atomic E-state index is 9.87. The number of benzene rings is 1. The van der Waals surface area contributed by atoms with Crippen molar-refractivity contribution in [1.82, 2.24) is 9.97 Å². The fourth-order valence-corrected chi connectivity index (χ4v) is 5.89. The number of nitriles is 1. The van der Waals surface area contributed by atoms with Gasteiger partial charge in [-0.05, 0) is 80.7 Å². The Morgan fingerprint density at radius 2 is 1.36 bits per heavy atom. The normalized spacial score (nSPS) is 19.1. The summed E-state index contributed by atoms with van der Waals surface area (Å²) in [7, 11) is 0. The Balaban J connectivity index is 1.34. The third kappa shape index (κ3) is 11.3. The van der Waals surface area contributed by atoms with Crippen LogP contribution in [0, 0.1) is 22.7 Å². The van der Waals surface area contributed by atoms with Crippen LogP contribution in [-0.4, -0.2) is 16.6 Å². The molecule has 0 unspecified atom stereocenters. The number of unbranched alkanes of at least 4 members (excludes halogenated alkanes) is 11. The molecule has 214 valence electrons. The molecule has 1 aromatic carbocycles. The number of nitrogens with zero attached hydrogens (tertiary/aromatic N) is 3. The molecule has 0 saturated heterocycles. The Bertz CT molecular complexity index is 939. The summed E-state index contributed by atoms with van der Waals surface area (Å²) in [6.07, 6.45) is 27.5. The molecule has 3 rings (SSSR count). The summed E-state index contributed by atoms with van der Waals surface area (Å²) in [5, 5.41) is 9.87. The highest BCUT2D eigenvalue weighted by molar-refractivity contribution is 5.55. The second kappa shape index (κ2) is 18.0. The van der Waals surface area contributed by atoms with Crippen LogP contribution in [0.2, 0.25) is 0 Å². The van der Waals surface area contributed by atoms with E-state index in [1.54, 1.807) is 0 Å². The van der Waals surface area contributed by atoms with Gasteiger partial charge in [-0.25, -0.2) is 9.97 Å². The standard InChI is InChI=1S/C35H53N3O/c1-3-5-7-9-10-11-12-14-16-31-26-37-34(38-27-31)32-17-19-33(20-18-32)39-28-30-21-24-35(29-36,25-22-30)23-15-13-8-6-4-2/h17-20,26-27,30H,3-16,21-25,28H2,1-2H3/t30-,35-. The summed E-state index contributed by atoms with van der Waals surface area (Å²) in [5.41, 5.74) is 2.17. The quantitative estimate of drug-likeness (QED) is 0.169. The smallest absolute Gasteiger partial charge is 0.159 e. The Kier molecular flexibility index (Phi) is 14.4. The highest BCUT2D eigenvalue weighted by atomic mass is 16.5. The molecule has 4 heteroatoms. The van der Waals surface area contributed by atoms with Crippen LogP contribution in [0.1, 0.15) is 135 Å². The molecular formula is C35H53N3O. The van der Waals surface area contributed by atoms with Crippen molar-refractivity contribution in [2.75, 3.05) is 6.61 Å². The molecular weight excluding hydrogens is 478 g/mol. The molecule has 4 nitrogen and oxygen atoms in total. The van der Waals surface area contributed by atoms with E-state index in [-0.39, 0.29) is 5.41 Å². The summed E-state index contributed by atoms with van der Waals surface area (Å²) < 4.78 is 6.15. The fraction of sp³-hybridized carbons (Fsp3) is 0.686. The molecule has 1 fully saturated rings. The monoisotopic (exact) mass is 531 g/mol. The van der Waals surface area contributed by atoms with Gasteiger partial charge in [0.2, 0.25) is 0 Å². The Hall–Kier alpha value is -2.41. The molecule has 1 aromatic heterocycles. The topological polar surface area (TPSA) is 58.8 Å². The first-order valence-corrected chi connectivity index (χ1v) is 16.1. The van der Waals surface area contributed by atoms with E-state index in [0.29, 0.717) is 5.92 Å². The van der Waals surface area contributed by atoms with Crippen LogP contribution < -0.4 is 4.74 Å². The molecule has 1 aliphatic rings. The number of aryl methyl sites for hydroxylation is 1. The number of hydrogen-bond donors (Lipinski definition) is 0. The third-order valence-electron chi connectivity index (χ3n) is 8.68. The Morgan fingerprint density at radius 3 is 1.95 bits per heavy atom. The maximum atomic E-state index is 9.87. The number of ether oxygens (including phenoxy) is 1. The zero-order chi connectivity index (χ0) is 27.6. The van der Waals surface area contributed by atoms with Crippen molar-refractivity contribution >= 4 is 0 Å². The van der Waals surface area contributed by atoms with Gasteiger partial charge in [0.15, 0.2) is 5.82 Å². The van der Waals surface area contributed by atoms with Crippen molar-refractivity contribution in [3.63, 3.8) is 0 Å². The lowest BCUT2D eigenvalue weighted by atomic mass is 9.69. The van der Waals surface area contributed by atoms with E-state index in [9.17, 15) is 5.26 Å². The van der Waals surface area contributed by atoms with Gasteiger partial charge in [0.05, 0.1) is 18.1 Å². The second-order valence-corrected chi connectivity index (χ2v) is 12.0. The first-order chi connectivity index (χ1) is 19.2. The van der Waals surface area contributed by atoms with Gasteiger partial charge in [-0.1, -0.05) is 90.9 Å². The molecule has 0 N–H and O–H groups in total. The van der Waals surface area contributed by atoms with Gasteiger partial charge in [-0.15, -0.1) is 0 Å². The van der Waals surface area contributed by atoms with E-state index in [0.717, 1.165) is 62.3 Å². The molecule has 2 aromatic rings. The lowest BCUT2D eigenvalue weighted by Crippen LogP contribution is -2.28. The second-order valence-electron chi connectivity index (χ2n) is 12.0. The van der Waals surface area contributed by atoms with Gasteiger partial charge in [0, 0.05) is 18.0 Å². The average molecular weight is 532 g/mol. The third-order valence-corrected chi connectivity index (χ3v) is 8.68. The van der Waals surface area contributed by atoms with E-state index in [2.05, 4.69) is 42.0 Å². The summed E-state index contributed by atoms with van der Waals surface area (Å²) >= 11 is 0. The molecule has 1 aliphatic carbocycles. The zero-order valence-electron chi connectivity index (χ0n) is 24.9. The van der Waals surface area contributed by atoms with Gasteiger partial charge in [0.1, 0.15) is 5.75 Å². The molecule has 0 amide bonds. The number of hydrogen-bond acceptors (Lipinski definition) is 4. The Morgan fingerprint density at radius 1 is 0.795 bits per heavy atom. The van der Waals surface area contributed by atoms with E-state index in [1.807, 2.05) is 24.5 Å². The van der Waals surface area contributed by atoms with Crippen LogP contribution in [0.15, 0.2) is 36.7 Å². The average Bonchev–Trinajstić information content (AvgIpc) is 2.98. The minimum atomic E-state index is -0.0895. The van der Waals surface area contributed by atoms with Gasteiger partial charge >= 0.3 is 0 Å². The molecule has 1 heterocycles. The predicted octanol–water partition coefficient (Wildman–Crippen LogP) is 10.3. The lowest BCUT2D eigenvalue weighted by Gasteiger charge is -2.35. The van der Waals surface area contributed by atoms with Crippen LogP contribution in [0.25, 0.3) is 11.4 Å². The summed E-state index contributed by atoms with van der Waals surface area (Å²) in [6.45, 7) is 5.26. The fourth-order valence-electron chi connectivity index (χ4n) is 5.89. The maximum Gasteiger partial charge on any atom is 0.159 e. The molecule has 0 spiro atoms. The first kappa shape index (κ1) is 31.1. The van der Waals surface area contributed by atoms with Crippen LogP contribution >= 0.6 is 0 Å². The van der Waals surface area contributed by atoms with E-state index < -0.39 is 0 Å². The zero-order valence-corrected chi connectivity index (χ0v) is 24.9. The summed E-state index contributed by atoms with van der Waals surface area (Å²) in [6, 6.07) is 10.9. The highest BCUT2D eigenvalue weighted by Gasteiger charge is 2.35. The van der Waals surface area contributed by atoms with Crippen molar-refractivity contribution in [2.45, 2.75) is 136 Å². The van der Waals surface area contributed by atoms with E-state index >= 15 is 0 Å². The minimum absolute atomic E-state index is 0.0895. The van der Waals surface area contributed by atoms with Crippen LogP contribution in [-0.2, 0) is 6.42 Å². The lowest BCUT2D eigenvalue weighted by molar-refractivity contribution is 0.144. The SMILES string of the molecule is CCCCCCCCCCc1cnc(-c2ccc(OC[C@H]3CC[C@@](C#N)(CCCCCCC)CC3)cc2)nc1. The largest absolute Gasteiger partial charge is 0.493 e. The van der Waals surface area contributed by atoms with Gasteiger partial charge in [0.25, 0.3) is 0 Å². The minimum Gasteiger partial charge on any atom is -0.493 e. The van der Waals surface area contributed by atoms with Gasteiger partial charge < -0.3 is 4.74 Å². The molecule has 0 bridgehead atoms. The summed E-state index contributed by atoms with van der Waals surface area (Å²) in [4.78, 5) is 9.25. The van der Waals surface area contributed by atoms with Crippen LogP contribution in [0.4, 0.5) is 0 Å². The highest BCUT2D eigenvalue weighted by Crippen LogP contribution is 2.42. The van der Waals surface area contributed by atoms with Crippen molar-refractivity contribution in [1.29, 1.82) is 5.26 Å². The predicted molar refractivity (Wildman–Crippen MR) is 163 cm³/mol. The van der Waals surface area contributed by atoms with Crippen molar-refractivity contribution in [2.24, 2.45) is 11.3 Å². The Labute approximate surface area is 239 Å². The van der Waals surface area contributed by atoms with Crippen molar-refractivity contribution < 1.29 is 4.74 Å². The number of aromatic nitrogens is 2. The molecule has 0 aliphatic heterocycles. The molecule has 1 saturated carbocycles. The first-order valence-electron chi connectivity index (χ1n) is 16.1. The van der Waals surface area contributed by atoms with Crippen molar-refractivity contribution in [3.05, 3.63) is 42.2 Å². The van der Waals surface area contributed by atoms with E-state index in [1.165, 1.54) is 89.0 Å². The summed E-state index contributed by atoms with van der Waals surface area (Å²) in [5.74, 6) is 2.22. The molecule has 39 heavy (non-hydrogen) atoms. The molecule has 0 atom stereocenters. The van der Waals surface area contributed by atoms with Crippen LogP contribution in [0.3, 0.4) is 0 Å². The molecule has 0 radical (unpaired) electrons. The van der Waals surface area contributed by atoms with Crippen LogP contribution in [0.5, 0.6) is 5.75 Å². The van der Waals surface area contributed by atoms with E-state index in [4.69, 9.17) is 4.74 Å². The van der Waals surface area contributed by atoms with Gasteiger partial charge in [-0.2, -0.15) is 5.26 Å².